The molecule has 1 saturated heterocycles. The summed E-state index contributed by atoms with van der Waals surface area (Å²) in [4.78, 5) is 19.3. The normalized spacial score (nSPS) is 15.8. The maximum Gasteiger partial charge on any atom is 0.321 e. The minimum absolute atomic E-state index is 0.136. The van der Waals surface area contributed by atoms with E-state index in [1.807, 2.05) is 49.2 Å². The van der Waals surface area contributed by atoms with Crippen LogP contribution in [0, 0.1) is 12.7 Å². The predicted molar refractivity (Wildman–Crippen MR) is 118 cm³/mol. The minimum Gasteiger partial charge on any atom is -0.492 e. The lowest BCUT2D eigenvalue weighted by atomic mass is 10.1. The number of aromatic nitrogens is 2. The second-order valence-electron chi connectivity index (χ2n) is 7.76. The van der Waals surface area contributed by atoms with Crippen molar-refractivity contribution in [2.75, 3.05) is 25.0 Å². The van der Waals surface area contributed by atoms with Crippen LogP contribution in [-0.2, 0) is 6.54 Å². The minimum atomic E-state index is -0.241. The summed E-state index contributed by atoms with van der Waals surface area (Å²) in [7, 11) is 0. The molecule has 31 heavy (non-hydrogen) atoms. The molecule has 0 spiro atoms. The molecule has 0 radical (unpaired) electrons. The Bertz CT molecular complexity index is 1050. The number of halogens is 1. The highest BCUT2D eigenvalue weighted by Crippen LogP contribution is 2.29. The number of urea groups is 1. The molecule has 1 aliphatic rings. The largest absolute Gasteiger partial charge is 0.492 e. The van der Waals surface area contributed by atoms with Crippen LogP contribution in [0.3, 0.4) is 0 Å². The van der Waals surface area contributed by atoms with Crippen molar-refractivity contribution in [2.24, 2.45) is 0 Å². The lowest BCUT2D eigenvalue weighted by Gasteiger charge is -2.19. The molecule has 0 aliphatic carbocycles. The number of amides is 2. The van der Waals surface area contributed by atoms with Gasteiger partial charge in [-0.2, -0.15) is 0 Å². The van der Waals surface area contributed by atoms with Gasteiger partial charge < -0.3 is 19.5 Å². The molecule has 1 fully saturated rings. The zero-order valence-electron chi connectivity index (χ0n) is 17.8. The molecule has 6 nitrogen and oxygen atoms in total. The van der Waals surface area contributed by atoms with Crippen LogP contribution in [0.15, 0.2) is 54.7 Å². The Morgan fingerprint density at radius 3 is 2.77 bits per heavy atom. The molecule has 1 aliphatic heterocycles. The van der Waals surface area contributed by atoms with Gasteiger partial charge in [-0.1, -0.05) is 24.3 Å². The van der Waals surface area contributed by atoms with Crippen LogP contribution < -0.4 is 10.1 Å². The zero-order chi connectivity index (χ0) is 21.8. The number of nitrogens with zero attached hydrogens (tertiary/aromatic N) is 3. The van der Waals surface area contributed by atoms with Gasteiger partial charge in [0.1, 0.15) is 17.4 Å². The highest BCUT2D eigenvalue weighted by Gasteiger charge is 2.31. The number of para-hydroxylation sites is 2. The van der Waals surface area contributed by atoms with Gasteiger partial charge in [-0.25, -0.2) is 14.2 Å². The summed E-state index contributed by atoms with van der Waals surface area (Å²) in [5.74, 6) is 1.54. The van der Waals surface area contributed by atoms with Gasteiger partial charge in [-0.05, 0) is 50.1 Å². The third kappa shape index (κ3) is 4.71. The molecule has 1 aromatic heterocycles. The van der Waals surface area contributed by atoms with Crippen molar-refractivity contribution in [3.8, 4) is 5.75 Å². The summed E-state index contributed by atoms with van der Waals surface area (Å²) >= 11 is 0. The predicted octanol–water partition coefficient (Wildman–Crippen LogP) is 4.80. The Kier molecular flexibility index (Phi) is 6.21. The molecule has 1 N–H and O–H groups in total. The maximum atomic E-state index is 13.2. The molecule has 2 heterocycles. The average molecular weight is 423 g/mol. The highest BCUT2D eigenvalue weighted by atomic mass is 19.1. The topological polar surface area (TPSA) is 59.4 Å². The quantitative estimate of drug-likeness (QED) is 0.621. The number of likely N-dealkylation sites (tertiary alicyclic amines) is 1. The van der Waals surface area contributed by atoms with Gasteiger partial charge in [-0.3, -0.25) is 0 Å². The number of hydrogen-bond acceptors (Lipinski definition) is 3. The van der Waals surface area contributed by atoms with E-state index in [9.17, 15) is 9.18 Å². The van der Waals surface area contributed by atoms with Crippen molar-refractivity contribution in [2.45, 2.75) is 32.7 Å². The van der Waals surface area contributed by atoms with Crippen LogP contribution >= 0.6 is 0 Å². The van der Waals surface area contributed by atoms with Crippen LogP contribution in [0.5, 0.6) is 5.75 Å². The van der Waals surface area contributed by atoms with Crippen molar-refractivity contribution in [1.82, 2.24) is 14.5 Å². The van der Waals surface area contributed by atoms with Gasteiger partial charge in [0, 0.05) is 37.4 Å². The molecule has 1 unspecified atom stereocenters. The second kappa shape index (κ2) is 9.20. The highest BCUT2D eigenvalue weighted by molar-refractivity contribution is 5.91. The fourth-order valence-corrected chi connectivity index (χ4v) is 3.98. The summed E-state index contributed by atoms with van der Waals surface area (Å²) in [5.41, 5.74) is 2.74. The van der Waals surface area contributed by atoms with E-state index in [0.29, 0.717) is 37.7 Å². The number of nitrogens with one attached hydrogen (secondary N) is 1. The van der Waals surface area contributed by atoms with Gasteiger partial charge in [0.2, 0.25) is 0 Å². The molecule has 1 atom stereocenters. The van der Waals surface area contributed by atoms with Crippen LogP contribution in [0.2, 0.25) is 0 Å². The van der Waals surface area contributed by atoms with Crippen LogP contribution in [0.25, 0.3) is 0 Å². The number of imidazole rings is 1. The number of rotatable bonds is 6. The molecule has 162 valence electrons. The number of hydrogen-bond donors (Lipinski definition) is 1. The van der Waals surface area contributed by atoms with E-state index in [1.54, 1.807) is 12.1 Å². The van der Waals surface area contributed by atoms with Gasteiger partial charge in [0.05, 0.1) is 12.3 Å². The van der Waals surface area contributed by atoms with Crippen LogP contribution in [-0.4, -0.2) is 40.2 Å². The summed E-state index contributed by atoms with van der Waals surface area (Å²) in [6.07, 6.45) is 2.71. The molecular weight excluding hydrogens is 395 g/mol. The van der Waals surface area contributed by atoms with Crippen molar-refractivity contribution in [3.05, 3.63) is 77.6 Å². The number of benzene rings is 2. The van der Waals surface area contributed by atoms with E-state index in [-0.39, 0.29) is 17.8 Å². The Morgan fingerprint density at radius 1 is 1.23 bits per heavy atom. The summed E-state index contributed by atoms with van der Waals surface area (Å²) in [6.45, 7) is 6.36. The number of carbonyl (C=O) groups is 1. The molecule has 2 amide bonds. The molecule has 7 heteroatoms. The van der Waals surface area contributed by atoms with E-state index in [4.69, 9.17) is 4.74 Å². The molecular formula is C24H27FN4O2. The molecule has 2 aromatic carbocycles. The van der Waals surface area contributed by atoms with Crippen molar-refractivity contribution < 1.29 is 13.9 Å². The molecule has 3 aromatic rings. The van der Waals surface area contributed by atoms with Crippen molar-refractivity contribution in [1.29, 1.82) is 0 Å². The Hall–Kier alpha value is -3.35. The number of carbonyl (C=O) groups excluding carboxylic acids is 1. The smallest absolute Gasteiger partial charge is 0.321 e. The first kappa shape index (κ1) is 20.9. The number of ether oxygens (including phenoxy) is 1. The van der Waals surface area contributed by atoms with E-state index in [1.165, 1.54) is 12.1 Å². The van der Waals surface area contributed by atoms with E-state index >= 15 is 0 Å². The maximum absolute atomic E-state index is 13.2. The molecule has 4 rings (SSSR count). The van der Waals surface area contributed by atoms with Crippen molar-refractivity contribution in [3.63, 3.8) is 0 Å². The number of anilines is 1. The summed E-state index contributed by atoms with van der Waals surface area (Å²) in [6, 6.07) is 13.9. The number of aryl methyl sites for hydroxylation is 1. The molecule has 0 bridgehead atoms. The zero-order valence-corrected chi connectivity index (χ0v) is 17.8. The standard InChI is InChI=1S/C24H27FN4O2/c1-3-31-22-7-5-4-6-21(22)27-24(30)28-13-12-19(16-28)23-26-14-17(2)29(23)15-18-8-10-20(25)11-9-18/h4-11,14,19H,3,12-13,15-16H2,1-2H3,(H,27,30). The van der Waals surface area contributed by atoms with Crippen LogP contribution in [0.1, 0.15) is 36.3 Å². The summed E-state index contributed by atoms with van der Waals surface area (Å²) < 4.78 is 21.0. The first-order chi connectivity index (χ1) is 15.0. The lowest BCUT2D eigenvalue weighted by molar-refractivity contribution is 0.221. The Morgan fingerprint density at radius 2 is 2.00 bits per heavy atom. The van der Waals surface area contributed by atoms with Gasteiger partial charge in [0.15, 0.2) is 0 Å². The third-order valence-corrected chi connectivity index (χ3v) is 5.61. The first-order valence-corrected chi connectivity index (χ1v) is 10.6. The second-order valence-corrected chi connectivity index (χ2v) is 7.76. The van der Waals surface area contributed by atoms with E-state index < -0.39 is 0 Å². The van der Waals surface area contributed by atoms with Crippen molar-refractivity contribution >= 4 is 11.7 Å². The van der Waals surface area contributed by atoms with E-state index in [0.717, 1.165) is 23.5 Å². The lowest BCUT2D eigenvalue weighted by Crippen LogP contribution is -2.33. The Balaban J connectivity index is 1.44. The SMILES string of the molecule is CCOc1ccccc1NC(=O)N1CCC(c2ncc(C)n2Cc2ccc(F)cc2)C1. The fourth-order valence-electron chi connectivity index (χ4n) is 3.98. The Labute approximate surface area is 181 Å². The van der Waals surface area contributed by atoms with E-state index in [2.05, 4.69) is 14.9 Å². The molecule has 0 saturated carbocycles. The van der Waals surface area contributed by atoms with Gasteiger partial charge in [0.25, 0.3) is 0 Å². The fraction of sp³-hybridized carbons (Fsp3) is 0.333. The summed E-state index contributed by atoms with van der Waals surface area (Å²) in [5, 5.41) is 2.97. The van der Waals surface area contributed by atoms with Gasteiger partial charge in [-0.15, -0.1) is 0 Å². The van der Waals surface area contributed by atoms with Gasteiger partial charge >= 0.3 is 6.03 Å². The first-order valence-electron chi connectivity index (χ1n) is 10.6. The van der Waals surface area contributed by atoms with Crippen LogP contribution in [0.4, 0.5) is 14.9 Å². The monoisotopic (exact) mass is 422 g/mol. The third-order valence-electron chi connectivity index (χ3n) is 5.61. The average Bonchev–Trinajstić information content (AvgIpc) is 3.39.